The molecule has 0 aliphatic carbocycles. The van der Waals surface area contributed by atoms with Gasteiger partial charge in [-0.2, -0.15) is 0 Å². The zero-order valence-corrected chi connectivity index (χ0v) is 22.7. The summed E-state index contributed by atoms with van der Waals surface area (Å²) in [4.78, 5) is 38.1. The minimum absolute atomic E-state index is 0. The molecule has 1 heterocycles. The van der Waals surface area contributed by atoms with E-state index in [-0.39, 0.29) is 113 Å². The van der Waals surface area contributed by atoms with Crippen molar-refractivity contribution >= 4 is 17.9 Å². The van der Waals surface area contributed by atoms with E-state index in [9.17, 15) is 14.4 Å². The second-order valence-electron chi connectivity index (χ2n) is 5.76. The maximum absolute atomic E-state index is 11.0. The molecule has 10 nitrogen and oxygen atoms in total. The number of carbonyl (C=O) groups is 3. The van der Waals surface area contributed by atoms with Gasteiger partial charge in [0.15, 0.2) is 0 Å². The number of aliphatic carboxylic acids is 3. The van der Waals surface area contributed by atoms with Crippen molar-refractivity contribution in [1.29, 1.82) is 0 Å². The summed E-state index contributed by atoms with van der Waals surface area (Å²) in [7, 11) is 0. The normalized spacial score (nSPS) is 17.8. The molecule has 144 valence electrons. The third kappa shape index (κ3) is 17.8. The second kappa shape index (κ2) is 19.2. The fourth-order valence-corrected chi connectivity index (χ4v) is 2.55. The summed E-state index contributed by atoms with van der Waals surface area (Å²) in [5.41, 5.74) is 0. The average molecular weight is 418 g/mol. The zero-order chi connectivity index (χ0) is 17.9. The fraction of sp³-hybridized carbons (Fsp3) is 0.786. The Morgan fingerprint density at radius 3 is 1.15 bits per heavy atom. The van der Waals surface area contributed by atoms with Crippen molar-refractivity contribution < 1.29 is 123 Å². The van der Waals surface area contributed by atoms with E-state index in [0.717, 1.165) is 0 Å². The third-order valence-corrected chi connectivity index (χ3v) is 3.75. The molecule has 27 heavy (non-hydrogen) atoms. The van der Waals surface area contributed by atoms with Gasteiger partial charge in [-0.15, -0.1) is 0 Å². The Labute approximate surface area is 230 Å². The van der Waals surface area contributed by atoms with Crippen molar-refractivity contribution in [1.82, 2.24) is 20.0 Å². The molecule has 1 rings (SSSR count). The van der Waals surface area contributed by atoms with E-state index in [0.29, 0.717) is 52.4 Å². The van der Waals surface area contributed by atoms with Gasteiger partial charge in [0.2, 0.25) is 0 Å². The number of carboxylic acid groups (broad SMARTS) is 3. The molecule has 0 bridgehead atoms. The Morgan fingerprint density at radius 2 is 0.889 bits per heavy atom. The number of hydrogen-bond acceptors (Lipinski definition) is 7. The molecule has 0 spiro atoms. The van der Waals surface area contributed by atoms with Crippen LogP contribution < -0.4 is 94.0 Å². The standard InChI is InChI=1S/C14H26N4O6.3Na.3H/c19-12(20)9-16-3-1-15-2-4-17(10-13(21)22)6-8-18(7-5-16)11-14(23)24;;;;;;/h15H,1-11H2,(H,19,20)(H,21,22)(H,23,24);;;;;;/q;3*+1;3*-1. The first-order chi connectivity index (χ1) is 11.4. The van der Waals surface area contributed by atoms with Crippen LogP contribution in [0.5, 0.6) is 0 Å². The van der Waals surface area contributed by atoms with Gasteiger partial charge in [0.1, 0.15) is 0 Å². The van der Waals surface area contributed by atoms with Crippen LogP contribution in [0.4, 0.5) is 0 Å². The van der Waals surface area contributed by atoms with Crippen LogP contribution in [-0.4, -0.2) is 120 Å². The van der Waals surface area contributed by atoms with E-state index in [2.05, 4.69) is 5.32 Å². The minimum atomic E-state index is -0.960. The summed E-state index contributed by atoms with van der Waals surface area (Å²) in [6.45, 7) is 3.64. The Kier molecular flexibility index (Phi) is 23.4. The third-order valence-electron chi connectivity index (χ3n) is 3.75. The van der Waals surface area contributed by atoms with E-state index in [1.54, 1.807) is 14.7 Å². The summed E-state index contributed by atoms with van der Waals surface area (Å²) in [6.07, 6.45) is 0. The first kappa shape index (κ1) is 32.9. The molecule has 0 unspecified atom stereocenters. The summed E-state index contributed by atoms with van der Waals surface area (Å²) >= 11 is 0. The van der Waals surface area contributed by atoms with Crippen LogP contribution >= 0.6 is 0 Å². The molecule has 1 aliphatic rings. The van der Waals surface area contributed by atoms with Crippen molar-refractivity contribution in [3.63, 3.8) is 0 Å². The smallest absolute Gasteiger partial charge is 1.00 e. The number of nitrogens with zero attached hydrogens (tertiary/aromatic N) is 3. The van der Waals surface area contributed by atoms with Crippen molar-refractivity contribution in [2.24, 2.45) is 0 Å². The van der Waals surface area contributed by atoms with Gasteiger partial charge < -0.3 is 24.9 Å². The van der Waals surface area contributed by atoms with E-state index in [1.165, 1.54) is 0 Å². The van der Waals surface area contributed by atoms with Crippen LogP contribution in [0.2, 0.25) is 0 Å². The Bertz CT molecular complexity index is 431. The summed E-state index contributed by atoms with van der Waals surface area (Å²) in [5.74, 6) is -2.79. The second-order valence-corrected chi connectivity index (χ2v) is 5.76. The maximum atomic E-state index is 11.0. The number of rotatable bonds is 6. The minimum Gasteiger partial charge on any atom is -1.00 e. The summed E-state index contributed by atoms with van der Waals surface area (Å²) < 4.78 is 0. The van der Waals surface area contributed by atoms with E-state index < -0.39 is 17.9 Å². The monoisotopic (exact) mass is 418 g/mol. The first-order valence-corrected chi connectivity index (χ1v) is 7.90. The van der Waals surface area contributed by atoms with E-state index in [4.69, 9.17) is 15.3 Å². The molecular weight excluding hydrogens is 389 g/mol. The molecule has 4 N–H and O–H groups in total. The van der Waals surface area contributed by atoms with Crippen molar-refractivity contribution in [3.8, 4) is 0 Å². The quantitative estimate of drug-likeness (QED) is 0.308. The predicted octanol–water partition coefficient (Wildman–Crippen LogP) is -10.9. The maximum Gasteiger partial charge on any atom is 1.00 e. The van der Waals surface area contributed by atoms with Crippen molar-refractivity contribution in [2.45, 2.75) is 0 Å². The zero-order valence-electron chi connectivity index (χ0n) is 19.7. The van der Waals surface area contributed by atoms with Crippen LogP contribution in [-0.2, 0) is 14.4 Å². The molecule has 0 saturated carbocycles. The van der Waals surface area contributed by atoms with Gasteiger partial charge in [-0.1, -0.05) is 0 Å². The van der Waals surface area contributed by atoms with Crippen LogP contribution in [0.3, 0.4) is 0 Å². The molecule has 0 amide bonds. The summed E-state index contributed by atoms with van der Waals surface area (Å²) in [6, 6.07) is 0. The Morgan fingerprint density at radius 1 is 0.630 bits per heavy atom. The summed E-state index contributed by atoms with van der Waals surface area (Å²) in [5, 5.41) is 30.1. The molecule has 0 atom stereocenters. The predicted molar refractivity (Wildman–Crippen MR) is 88.4 cm³/mol. The van der Waals surface area contributed by atoms with Crippen molar-refractivity contribution in [2.75, 3.05) is 72.0 Å². The molecular formula is C14H29N4Na3O6. The number of hydrogen-bond donors (Lipinski definition) is 4. The van der Waals surface area contributed by atoms with Crippen molar-refractivity contribution in [3.05, 3.63) is 0 Å². The molecule has 1 saturated heterocycles. The van der Waals surface area contributed by atoms with Gasteiger partial charge in [-0.05, 0) is 0 Å². The molecule has 0 aromatic heterocycles. The molecule has 0 radical (unpaired) electrons. The molecule has 1 fully saturated rings. The van der Waals surface area contributed by atoms with Gasteiger partial charge in [0.25, 0.3) is 0 Å². The van der Waals surface area contributed by atoms with Gasteiger partial charge in [0.05, 0.1) is 19.6 Å². The Balaban J connectivity index is -0.000000240. The van der Waals surface area contributed by atoms with E-state index in [1.807, 2.05) is 0 Å². The molecule has 0 aromatic carbocycles. The largest absolute Gasteiger partial charge is 1.00 e. The first-order valence-electron chi connectivity index (χ1n) is 7.90. The van der Waals surface area contributed by atoms with Gasteiger partial charge in [-0.3, -0.25) is 29.1 Å². The molecule has 1 aliphatic heterocycles. The van der Waals surface area contributed by atoms with E-state index >= 15 is 0 Å². The van der Waals surface area contributed by atoms with Gasteiger partial charge >= 0.3 is 107 Å². The van der Waals surface area contributed by atoms with Crippen LogP contribution in [0.25, 0.3) is 0 Å². The average Bonchev–Trinajstić information content (AvgIpc) is 2.45. The van der Waals surface area contributed by atoms with Crippen LogP contribution in [0.1, 0.15) is 4.28 Å². The topological polar surface area (TPSA) is 134 Å². The van der Waals surface area contributed by atoms with Crippen LogP contribution in [0, 0.1) is 0 Å². The van der Waals surface area contributed by atoms with Crippen LogP contribution in [0.15, 0.2) is 0 Å². The number of carboxylic acids is 3. The SMILES string of the molecule is O=C(O)CN1CCNCCN(CC(=O)O)CCN(CC(=O)O)CC1.[H-].[H-].[H-].[Na+].[Na+].[Na+]. The van der Waals surface area contributed by atoms with Gasteiger partial charge in [-0.25, -0.2) is 0 Å². The Hall–Kier alpha value is 1.25. The molecule has 0 aromatic rings. The number of nitrogens with one attached hydrogen (secondary N) is 1. The fourth-order valence-electron chi connectivity index (χ4n) is 2.55. The van der Waals surface area contributed by atoms with Gasteiger partial charge in [0, 0.05) is 52.4 Å². The molecule has 13 heteroatoms.